The summed E-state index contributed by atoms with van der Waals surface area (Å²) in [6, 6.07) is 5.58. The lowest BCUT2D eigenvalue weighted by atomic mass is 9.81. The molecule has 0 aromatic heterocycles. The normalized spacial score (nSPS) is 20.0. The van der Waals surface area contributed by atoms with Crippen molar-refractivity contribution in [3.63, 3.8) is 0 Å². The monoisotopic (exact) mass is 556 g/mol. The Balaban J connectivity index is 1.99. The molecule has 8 atom stereocenters. The summed E-state index contributed by atoms with van der Waals surface area (Å²) in [6.07, 6.45) is 8.76. The number of hydrogen-bond donors (Lipinski definition) is 4. The van der Waals surface area contributed by atoms with E-state index >= 15 is 0 Å². The van der Waals surface area contributed by atoms with E-state index in [2.05, 4.69) is 11.4 Å². The van der Waals surface area contributed by atoms with Gasteiger partial charge >= 0.3 is 6.09 Å². The number of ether oxygens (including phenoxy) is 2. The summed E-state index contributed by atoms with van der Waals surface area (Å²) in [5.41, 5.74) is 7.94. The first-order valence-corrected chi connectivity index (χ1v) is 14.2. The van der Waals surface area contributed by atoms with Crippen LogP contribution in [0.2, 0.25) is 0 Å². The Hall–Kier alpha value is -3.10. The van der Waals surface area contributed by atoms with Crippen LogP contribution in [-0.2, 0) is 9.53 Å². The Morgan fingerprint density at radius 3 is 2.45 bits per heavy atom. The Kier molecular flexibility index (Phi) is 12.9. The second-order valence-corrected chi connectivity index (χ2v) is 11.3. The summed E-state index contributed by atoms with van der Waals surface area (Å²) < 4.78 is 10.8. The molecular formula is C32H48N2O6. The third-order valence-electron chi connectivity index (χ3n) is 7.58. The Bertz CT molecular complexity index is 1080. The van der Waals surface area contributed by atoms with Gasteiger partial charge < -0.3 is 30.7 Å². The van der Waals surface area contributed by atoms with E-state index in [1.54, 1.807) is 0 Å². The summed E-state index contributed by atoms with van der Waals surface area (Å²) in [7, 11) is 0. The first kappa shape index (κ1) is 33.1. The summed E-state index contributed by atoms with van der Waals surface area (Å²) in [6.45, 7) is 13.8. The summed E-state index contributed by atoms with van der Waals surface area (Å²) in [5, 5.41) is 24.9. The molecule has 0 saturated heterocycles. The van der Waals surface area contributed by atoms with Crippen LogP contribution in [0.25, 0.3) is 6.08 Å². The van der Waals surface area contributed by atoms with Gasteiger partial charge in [-0.15, -0.1) is 0 Å². The maximum atomic E-state index is 11.6. The van der Waals surface area contributed by atoms with E-state index in [0.717, 1.165) is 17.6 Å². The van der Waals surface area contributed by atoms with Crippen LogP contribution in [0.3, 0.4) is 0 Å². The number of hydrogen-bond acceptors (Lipinski definition) is 6. The molecule has 5 N–H and O–H groups in total. The molecule has 0 aliphatic carbocycles. The van der Waals surface area contributed by atoms with Crippen molar-refractivity contribution in [2.24, 2.45) is 35.3 Å². The van der Waals surface area contributed by atoms with Gasteiger partial charge in [0.25, 0.3) is 5.91 Å². The predicted octanol–water partition coefficient (Wildman–Crippen LogP) is 5.70. The molecular weight excluding hydrogens is 508 g/mol. The Labute approximate surface area is 239 Å². The number of fused-ring (bicyclic) bond motifs is 1. The molecule has 1 aromatic rings. The van der Waals surface area contributed by atoms with Gasteiger partial charge in [-0.05, 0) is 43.4 Å². The fourth-order valence-corrected chi connectivity index (χ4v) is 5.30. The lowest BCUT2D eigenvalue weighted by molar-refractivity contribution is -0.118. The number of nitrogens with two attached hydrogens (primary N) is 1. The summed E-state index contributed by atoms with van der Waals surface area (Å²) in [4.78, 5) is 23.1. The molecule has 8 heteroatoms. The molecule has 2 amide bonds. The smallest absolute Gasteiger partial charge is 0.404 e. The molecule has 0 spiro atoms. The minimum absolute atomic E-state index is 0.0209. The van der Waals surface area contributed by atoms with Crippen LogP contribution in [0.15, 0.2) is 48.1 Å². The molecule has 0 bridgehead atoms. The van der Waals surface area contributed by atoms with Crippen molar-refractivity contribution in [1.29, 1.82) is 0 Å². The van der Waals surface area contributed by atoms with E-state index in [1.165, 1.54) is 0 Å². The van der Waals surface area contributed by atoms with Gasteiger partial charge in [0.2, 0.25) is 0 Å². The van der Waals surface area contributed by atoms with Crippen molar-refractivity contribution in [2.45, 2.75) is 79.6 Å². The highest BCUT2D eigenvalue weighted by atomic mass is 16.6. The number of carbonyl (C=O) groups is 2. The van der Waals surface area contributed by atoms with Gasteiger partial charge in [-0.25, -0.2) is 4.79 Å². The van der Waals surface area contributed by atoms with Crippen LogP contribution in [0.4, 0.5) is 10.5 Å². The Morgan fingerprint density at radius 1 is 1.10 bits per heavy atom. The minimum atomic E-state index is -0.845. The molecule has 40 heavy (non-hydrogen) atoms. The van der Waals surface area contributed by atoms with Crippen LogP contribution in [0.1, 0.15) is 66.9 Å². The number of anilines is 1. The highest BCUT2D eigenvalue weighted by molar-refractivity contribution is 5.95. The highest BCUT2D eigenvalue weighted by Crippen LogP contribution is 2.30. The standard InChI is InChI=1S/C32H48N2O6/c1-8-9-10-21(4)31(40-32(33)38)24(7)30(37)23(6)16-19(2)15-22(5)29(36)20(3)11-12-25-13-14-27-26(17-25)34-28(35)18-39-27/h9-15,17,20-24,29-31,36-37H,8,16,18H2,1-7H3,(H2,33,38)(H,34,35)/b10-9-,12-11-,19-15-/t20-,21-,22-,23-,24-,29-,30+,31-/m0/s1. The fraction of sp³-hybridized carbons (Fsp3) is 0.562. The first-order chi connectivity index (χ1) is 18.8. The van der Waals surface area contributed by atoms with Gasteiger partial charge in [0.1, 0.15) is 11.9 Å². The topological polar surface area (TPSA) is 131 Å². The van der Waals surface area contributed by atoms with Gasteiger partial charge in [0.05, 0.1) is 17.9 Å². The van der Waals surface area contributed by atoms with Crippen LogP contribution in [0.5, 0.6) is 5.75 Å². The number of amides is 2. The molecule has 1 aromatic carbocycles. The van der Waals surface area contributed by atoms with Gasteiger partial charge in [-0.1, -0.05) is 83.6 Å². The molecule has 0 radical (unpaired) electrons. The maximum Gasteiger partial charge on any atom is 0.404 e. The van der Waals surface area contributed by atoms with E-state index in [-0.39, 0.29) is 42.1 Å². The molecule has 1 aliphatic heterocycles. The van der Waals surface area contributed by atoms with E-state index in [0.29, 0.717) is 17.9 Å². The van der Waals surface area contributed by atoms with E-state index in [4.69, 9.17) is 15.2 Å². The molecule has 1 heterocycles. The second-order valence-electron chi connectivity index (χ2n) is 11.3. The van der Waals surface area contributed by atoms with E-state index < -0.39 is 24.4 Å². The zero-order chi connectivity index (χ0) is 30.0. The average molecular weight is 557 g/mol. The molecule has 222 valence electrons. The number of allylic oxidation sites excluding steroid dienone is 2. The number of aliphatic hydroxyl groups excluding tert-OH is 2. The molecule has 0 saturated carbocycles. The van der Waals surface area contributed by atoms with Crippen molar-refractivity contribution in [3.05, 3.63) is 53.6 Å². The molecule has 2 rings (SSSR count). The number of benzene rings is 1. The van der Waals surface area contributed by atoms with E-state index in [1.807, 2.05) is 91.0 Å². The zero-order valence-electron chi connectivity index (χ0n) is 25.0. The summed E-state index contributed by atoms with van der Waals surface area (Å²) in [5.74, 6) is -0.255. The SMILES string of the molecule is CC/C=C\[C@H](C)[C@H](OC(N)=O)[C@@H](C)[C@H](O)[C@@H](C)C/C(C)=C\[C@H](C)[C@@H](O)[C@@H](C)/C=C\c1ccc2c(c1)NC(=O)CO2. The first-order valence-electron chi connectivity index (χ1n) is 14.2. The number of nitrogens with one attached hydrogen (secondary N) is 1. The van der Waals surface area contributed by atoms with Crippen LogP contribution < -0.4 is 15.8 Å². The average Bonchev–Trinajstić information content (AvgIpc) is 2.91. The molecule has 8 nitrogen and oxygen atoms in total. The van der Waals surface area contributed by atoms with Gasteiger partial charge in [0.15, 0.2) is 6.61 Å². The van der Waals surface area contributed by atoms with Crippen molar-refractivity contribution >= 4 is 23.8 Å². The van der Waals surface area contributed by atoms with Crippen LogP contribution in [0, 0.1) is 29.6 Å². The fourth-order valence-electron chi connectivity index (χ4n) is 5.30. The lowest BCUT2D eigenvalue weighted by Crippen LogP contribution is -2.41. The molecule has 0 unspecified atom stereocenters. The van der Waals surface area contributed by atoms with Crippen molar-refractivity contribution < 1.29 is 29.3 Å². The van der Waals surface area contributed by atoms with Crippen molar-refractivity contribution in [3.8, 4) is 5.75 Å². The third-order valence-corrected chi connectivity index (χ3v) is 7.58. The molecule has 1 aliphatic rings. The predicted molar refractivity (Wildman–Crippen MR) is 160 cm³/mol. The maximum absolute atomic E-state index is 11.6. The number of rotatable bonds is 14. The van der Waals surface area contributed by atoms with E-state index in [9.17, 15) is 19.8 Å². The largest absolute Gasteiger partial charge is 0.482 e. The highest BCUT2D eigenvalue weighted by Gasteiger charge is 2.33. The lowest BCUT2D eigenvalue weighted by Gasteiger charge is -2.33. The number of carbonyl (C=O) groups excluding carboxylic acids is 2. The van der Waals surface area contributed by atoms with Crippen molar-refractivity contribution in [2.75, 3.05) is 11.9 Å². The minimum Gasteiger partial charge on any atom is -0.482 e. The summed E-state index contributed by atoms with van der Waals surface area (Å²) >= 11 is 0. The number of primary amides is 1. The van der Waals surface area contributed by atoms with Gasteiger partial charge in [0, 0.05) is 23.7 Å². The van der Waals surface area contributed by atoms with Crippen molar-refractivity contribution in [1.82, 2.24) is 0 Å². The second kappa shape index (κ2) is 15.6. The third kappa shape index (κ3) is 9.82. The van der Waals surface area contributed by atoms with Crippen LogP contribution >= 0.6 is 0 Å². The van der Waals surface area contributed by atoms with Gasteiger partial charge in [-0.2, -0.15) is 0 Å². The molecule has 0 fully saturated rings. The van der Waals surface area contributed by atoms with Gasteiger partial charge in [-0.3, -0.25) is 4.79 Å². The quantitative estimate of drug-likeness (QED) is 0.217. The number of aliphatic hydroxyl groups is 2. The Morgan fingerprint density at radius 2 is 1.80 bits per heavy atom. The van der Waals surface area contributed by atoms with Crippen LogP contribution in [-0.4, -0.2) is 47.1 Å². The zero-order valence-corrected chi connectivity index (χ0v) is 25.0.